The lowest BCUT2D eigenvalue weighted by atomic mass is 9.87. The van der Waals surface area contributed by atoms with E-state index in [9.17, 15) is 9.59 Å². The maximum atomic E-state index is 13.0. The Morgan fingerprint density at radius 3 is 2.15 bits per heavy atom. The lowest BCUT2D eigenvalue weighted by Crippen LogP contribution is -2.41. The van der Waals surface area contributed by atoms with Gasteiger partial charge >= 0.3 is 0 Å². The van der Waals surface area contributed by atoms with Crippen molar-refractivity contribution in [3.05, 3.63) is 83.4 Å². The molecule has 34 heavy (non-hydrogen) atoms. The van der Waals surface area contributed by atoms with Crippen LogP contribution in [0.4, 0.5) is 11.4 Å². The minimum absolute atomic E-state index is 0.0855. The molecule has 1 heterocycles. The van der Waals surface area contributed by atoms with Crippen LogP contribution in [0.5, 0.6) is 11.5 Å². The number of hydrogen-bond acceptors (Lipinski definition) is 5. The zero-order valence-corrected chi connectivity index (χ0v) is 19.6. The quantitative estimate of drug-likeness (QED) is 0.552. The molecule has 0 fully saturated rings. The van der Waals surface area contributed by atoms with Crippen molar-refractivity contribution in [1.82, 2.24) is 4.90 Å². The van der Waals surface area contributed by atoms with Crippen LogP contribution < -0.4 is 20.1 Å². The van der Waals surface area contributed by atoms with Crippen molar-refractivity contribution < 1.29 is 19.1 Å². The number of carbonyl (C=O) groups excluding carboxylic acids is 2. The lowest BCUT2D eigenvalue weighted by molar-refractivity contribution is -0.118. The number of methoxy groups -OCH3 is 2. The fourth-order valence-electron chi connectivity index (χ4n) is 4.42. The van der Waals surface area contributed by atoms with Crippen molar-refractivity contribution >= 4 is 23.2 Å². The van der Waals surface area contributed by atoms with Crippen LogP contribution in [-0.4, -0.2) is 44.0 Å². The van der Waals surface area contributed by atoms with Crippen molar-refractivity contribution in [2.45, 2.75) is 19.4 Å². The lowest BCUT2D eigenvalue weighted by Gasteiger charge is -2.37. The van der Waals surface area contributed by atoms with E-state index in [-0.39, 0.29) is 24.4 Å². The zero-order valence-electron chi connectivity index (χ0n) is 19.6. The highest BCUT2D eigenvalue weighted by Crippen LogP contribution is 2.40. The van der Waals surface area contributed by atoms with Gasteiger partial charge in [0.15, 0.2) is 11.5 Å². The van der Waals surface area contributed by atoms with Gasteiger partial charge in [0, 0.05) is 24.8 Å². The molecule has 4 rings (SSSR count). The predicted octanol–water partition coefficient (Wildman–Crippen LogP) is 4.25. The molecule has 7 nitrogen and oxygen atoms in total. The molecule has 0 aliphatic carbocycles. The average molecular weight is 460 g/mol. The zero-order chi connectivity index (χ0) is 24.1. The normalized spacial score (nSPS) is 15.2. The number of amides is 2. The van der Waals surface area contributed by atoms with E-state index in [0.717, 1.165) is 24.1 Å². The SMILES string of the molecule is COc1cc2c(cc1OC)[C@H](c1ccccc1)N(CC(=O)Nc1ccc(NC(C)=O)cc1)CC2. The number of rotatable bonds is 7. The first kappa shape index (κ1) is 23.3. The fraction of sp³-hybridized carbons (Fsp3) is 0.259. The largest absolute Gasteiger partial charge is 0.493 e. The highest BCUT2D eigenvalue weighted by molar-refractivity contribution is 5.93. The monoisotopic (exact) mass is 459 g/mol. The van der Waals surface area contributed by atoms with Crippen LogP contribution in [0.25, 0.3) is 0 Å². The first-order valence-electron chi connectivity index (χ1n) is 11.2. The third-order valence-corrected chi connectivity index (χ3v) is 5.92. The Morgan fingerprint density at radius 1 is 0.912 bits per heavy atom. The van der Waals surface area contributed by atoms with Crippen molar-refractivity contribution in [2.75, 3.05) is 37.9 Å². The maximum absolute atomic E-state index is 13.0. The smallest absolute Gasteiger partial charge is 0.238 e. The third-order valence-electron chi connectivity index (χ3n) is 5.92. The minimum atomic E-state index is -0.136. The molecule has 0 saturated heterocycles. The van der Waals surface area contributed by atoms with Gasteiger partial charge in [-0.3, -0.25) is 14.5 Å². The highest BCUT2D eigenvalue weighted by atomic mass is 16.5. The average Bonchev–Trinajstić information content (AvgIpc) is 2.84. The summed E-state index contributed by atoms with van der Waals surface area (Å²) in [7, 11) is 3.27. The molecule has 0 unspecified atom stereocenters. The topological polar surface area (TPSA) is 79.9 Å². The van der Waals surface area contributed by atoms with Crippen LogP contribution in [0.3, 0.4) is 0 Å². The highest BCUT2D eigenvalue weighted by Gasteiger charge is 2.31. The minimum Gasteiger partial charge on any atom is -0.493 e. The summed E-state index contributed by atoms with van der Waals surface area (Å²) in [5.41, 5.74) is 4.79. The van der Waals surface area contributed by atoms with Crippen molar-refractivity contribution in [3.63, 3.8) is 0 Å². The van der Waals surface area contributed by atoms with E-state index in [0.29, 0.717) is 22.9 Å². The summed E-state index contributed by atoms with van der Waals surface area (Å²) in [6.07, 6.45) is 0.803. The molecule has 1 aliphatic rings. The van der Waals surface area contributed by atoms with E-state index in [1.54, 1.807) is 38.5 Å². The van der Waals surface area contributed by atoms with Crippen molar-refractivity contribution in [2.24, 2.45) is 0 Å². The molecule has 0 aromatic heterocycles. The van der Waals surface area contributed by atoms with Gasteiger partial charge in [0.05, 0.1) is 26.8 Å². The van der Waals surface area contributed by atoms with Gasteiger partial charge in [-0.15, -0.1) is 0 Å². The van der Waals surface area contributed by atoms with E-state index < -0.39 is 0 Å². The molecule has 2 N–H and O–H groups in total. The standard InChI is InChI=1S/C27H29N3O4/c1-18(31)28-21-9-11-22(12-10-21)29-26(32)17-30-14-13-20-15-24(33-2)25(34-3)16-23(20)27(30)19-7-5-4-6-8-19/h4-12,15-16,27H,13-14,17H2,1-3H3,(H,28,31)(H,29,32)/t27-/m0/s1. The molecule has 176 valence electrons. The molecular weight excluding hydrogens is 430 g/mol. The number of carbonyl (C=O) groups is 2. The van der Waals surface area contributed by atoms with E-state index >= 15 is 0 Å². The molecule has 1 aliphatic heterocycles. The first-order valence-corrected chi connectivity index (χ1v) is 11.2. The van der Waals surface area contributed by atoms with Gasteiger partial charge in [0.25, 0.3) is 0 Å². The van der Waals surface area contributed by atoms with Gasteiger partial charge in [-0.25, -0.2) is 0 Å². The molecule has 0 radical (unpaired) electrons. The second kappa shape index (κ2) is 10.4. The number of benzene rings is 3. The molecule has 0 saturated carbocycles. The Labute approximate surface area is 199 Å². The Hall–Kier alpha value is -3.84. The second-order valence-corrected chi connectivity index (χ2v) is 8.25. The van der Waals surface area contributed by atoms with Gasteiger partial charge in [-0.2, -0.15) is 0 Å². The van der Waals surface area contributed by atoms with E-state index in [4.69, 9.17) is 9.47 Å². The Kier molecular flexibility index (Phi) is 7.13. The summed E-state index contributed by atoms with van der Waals surface area (Å²) in [5.74, 6) is 1.15. The van der Waals surface area contributed by atoms with Gasteiger partial charge in [0.1, 0.15) is 0 Å². The molecule has 0 spiro atoms. The summed E-state index contributed by atoms with van der Waals surface area (Å²) in [6.45, 7) is 2.43. The van der Waals surface area contributed by atoms with Crippen LogP contribution in [0.1, 0.15) is 29.7 Å². The predicted molar refractivity (Wildman–Crippen MR) is 132 cm³/mol. The van der Waals surface area contributed by atoms with Crippen LogP contribution in [0.2, 0.25) is 0 Å². The number of anilines is 2. The first-order chi connectivity index (χ1) is 16.5. The summed E-state index contributed by atoms with van der Waals surface area (Å²) < 4.78 is 11.1. The molecule has 3 aromatic rings. The Balaban J connectivity index is 1.57. The number of nitrogens with zero attached hydrogens (tertiary/aromatic N) is 1. The van der Waals surface area contributed by atoms with E-state index in [1.165, 1.54) is 12.5 Å². The van der Waals surface area contributed by atoms with Gasteiger partial charge in [-0.1, -0.05) is 30.3 Å². The second-order valence-electron chi connectivity index (χ2n) is 8.25. The van der Waals surface area contributed by atoms with Crippen LogP contribution in [0, 0.1) is 0 Å². The maximum Gasteiger partial charge on any atom is 0.238 e. The van der Waals surface area contributed by atoms with Crippen LogP contribution in [0.15, 0.2) is 66.7 Å². The summed E-state index contributed by atoms with van der Waals surface area (Å²) in [5, 5.41) is 5.69. The molecule has 0 bridgehead atoms. The van der Waals surface area contributed by atoms with Gasteiger partial charge in [0.2, 0.25) is 11.8 Å². The summed E-state index contributed by atoms with van der Waals surface area (Å²) in [4.78, 5) is 26.4. The van der Waals surface area contributed by atoms with Gasteiger partial charge < -0.3 is 20.1 Å². The molecular formula is C27H29N3O4. The van der Waals surface area contributed by atoms with E-state index in [1.807, 2.05) is 30.3 Å². The van der Waals surface area contributed by atoms with Crippen molar-refractivity contribution in [3.8, 4) is 11.5 Å². The summed E-state index contributed by atoms with van der Waals surface area (Å²) >= 11 is 0. The number of nitrogens with one attached hydrogen (secondary N) is 2. The number of hydrogen-bond donors (Lipinski definition) is 2. The Morgan fingerprint density at radius 2 is 1.53 bits per heavy atom. The van der Waals surface area contributed by atoms with Crippen LogP contribution >= 0.6 is 0 Å². The molecule has 1 atom stereocenters. The molecule has 2 amide bonds. The third kappa shape index (κ3) is 5.21. The van der Waals surface area contributed by atoms with Gasteiger partial charge in [-0.05, 0) is 59.5 Å². The molecule has 3 aromatic carbocycles. The summed E-state index contributed by atoms with van der Waals surface area (Å²) in [6, 6.07) is 21.3. The van der Waals surface area contributed by atoms with E-state index in [2.05, 4.69) is 27.7 Å². The van der Waals surface area contributed by atoms with Crippen LogP contribution in [-0.2, 0) is 16.0 Å². The van der Waals surface area contributed by atoms with Crippen molar-refractivity contribution in [1.29, 1.82) is 0 Å². The number of ether oxygens (including phenoxy) is 2. The number of fused-ring (bicyclic) bond motifs is 1. The molecule has 7 heteroatoms. The fourth-order valence-corrected chi connectivity index (χ4v) is 4.42. The Bertz CT molecular complexity index is 1160.